The monoisotopic (exact) mass is 2090 g/mol. The number of hydrogen-bond donors (Lipinski definition) is 7. The summed E-state index contributed by atoms with van der Waals surface area (Å²) >= 11 is 25.0. The van der Waals surface area contributed by atoms with Crippen molar-refractivity contribution >= 4 is 127 Å². The van der Waals surface area contributed by atoms with Gasteiger partial charge in [0.2, 0.25) is 46.6 Å². The second-order valence-corrected chi connectivity index (χ2v) is 36.9. The molecule has 30 heteroatoms. The number of esters is 1. The molecule has 0 radical (unpaired) electrons. The number of rotatable bonds is 27. The fourth-order valence-electron chi connectivity index (χ4n) is 14.3. The highest BCUT2D eigenvalue weighted by Crippen LogP contribution is 2.56. The lowest BCUT2D eigenvalue weighted by atomic mass is 9.99. The van der Waals surface area contributed by atoms with Crippen molar-refractivity contribution < 1.29 is 74.8 Å². The quantitative estimate of drug-likeness (QED) is 0.00631. The van der Waals surface area contributed by atoms with Crippen LogP contribution in [0.3, 0.4) is 0 Å². The number of amides is 4. The molecular weight excluding hydrogens is 1940 g/mol. The highest BCUT2D eigenvalue weighted by molar-refractivity contribution is 9.10. The summed E-state index contributed by atoms with van der Waals surface area (Å²) in [6, 6.07) is 52.6. The summed E-state index contributed by atoms with van der Waals surface area (Å²) in [7, 11) is 7.36. The molecule has 9 aromatic rings. The zero-order valence-electron chi connectivity index (χ0n) is 71.6. The normalized spacial score (nSPS) is 13.0. The third kappa shape index (κ3) is 39.6. The highest BCUT2D eigenvalue weighted by atomic mass is 79.9. The van der Waals surface area contributed by atoms with Crippen LogP contribution in [0.2, 0.25) is 15.1 Å². The highest BCUT2D eigenvalue weighted by Gasteiger charge is 2.35. The topological polar surface area (TPSA) is 252 Å². The van der Waals surface area contributed by atoms with Crippen molar-refractivity contribution in [1.82, 2.24) is 26.6 Å². The van der Waals surface area contributed by atoms with E-state index >= 15 is 0 Å². The fourth-order valence-corrected chi connectivity index (χ4v) is 19.4. The molecule has 0 bridgehead atoms. The summed E-state index contributed by atoms with van der Waals surface area (Å²) in [5.41, 5.74) is 16.0. The molecule has 9 aromatic carbocycles. The number of carbonyl (C=O) groups excluding carboxylic acids is 5. The number of halogens is 10. The van der Waals surface area contributed by atoms with Crippen LogP contribution in [-0.2, 0) is 33.6 Å². The van der Waals surface area contributed by atoms with E-state index in [9.17, 15) is 50.7 Å². The van der Waals surface area contributed by atoms with Crippen molar-refractivity contribution in [2.24, 2.45) is 5.73 Å². The number of carboxylic acids is 1. The van der Waals surface area contributed by atoms with Crippen molar-refractivity contribution in [2.45, 2.75) is 247 Å². The van der Waals surface area contributed by atoms with Crippen LogP contribution < -0.4 is 66.4 Å². The van der Waals surface area contributed by atoms with Crippen molar-refractivity contribution in [1.29, 1.82) is 0 Å². The Morgan fingerprint density at radius 3 is 1.20 bits per heavy atom. The SMILES string of the molecule is C.C.C.C.C.C.C.C.C.C.CC(C)Oc1ccc(C(=O)Oc2c(F)c(F)c(F)c(F)c2F)cc1Cl.CN(C)c1ccccc1-c1ccccc1P(C1CCCCC1)C1CCCCC1.CNC(=O)C(Cc1ccc(Br)cc1)NC(=O)c1ccc(OC(C)C)c(Cl)c1.CNC(=O)C(Cc1ccc(N2CCNCC2)cc1)NC(=O)c1ccc(OC(C)C)c(Cl)c1.N[C@@H](Cc1ccc(Br)cc1)C(=O)O. The van der Waals surface area contributed by atoms with E-state index in [1.807, 2.05) is 88.4 Å². The van der Waals surface area contributed by atoms with Gasteiger partial charge in [0.1, 0.15) is 35.4 Å². The molecule has 2 aliphatic carbocycles. The lowest BCUT2D eigenvalue weighted by Crippen LogP contribution is -2.47. The average Bonchev–Trinajstić information content (AvgIpc) is 0.776. The molecular formula is C105H149Br2Cl3F5N8O11P. The Morgan fingerprint density at radius 1 is 0.481 bits per heavy atom. The second kappa shape index (κ2) is 64.7. The lowest BCUT2D eigenvalue weighted by molar-refractivity contribution is -0.138. The number of nitrogens with zero attached hydrogens (tertiary/aromatic N) is 2. The fraction of sp³-hybridized carbons (Fsp3) is 0.429. The number of nitrogens with two attached hydrogens (primary N) is 1. The third-order valence-electron chi connectivity index (χ3n) is 20.4. The molecule has 0 aromatic heterocycles. The predicted molar refractivity (Wildman–Crippen MR) is 564 cm³/mol. The number of benzene rings is 9. The number of hydrogen-bond acceptors (Lipinski definition) is 14. The molecule has 3 fully saturated rings. The number of piperazine rings is 1. The van der Waals surface area contributed by atoms with Gasteiger partial charge >= 0.3 is 11.9 Å². The summed E-state index contributed by atoms with van der Waals surface area (Å²) in [6.45, 7) is 15.0. The number of carbonyl (C=O) groups is 6. The molecule has 1 saturated heterocycles. The van der Waals surface area contributed by atoms with Gasteiger partial charge in [-0.1, -0.05) is 266 Å². The van der Waals surface area contributed by atoms with E-state index in [1.54, 1.807) is 56.5 Å². The standard InChI is InChI=1S/C26H36NP.C24H31ClN4O3.C20H22BrClN2O3.C16H10ClF5O3.C9H10BrNO2.10CH4/c1-27(2)25-19-11-9-17-23(25)24-18-10-12-20-26(24)28(21-13-5-3-6-14-21)22-15-7-4-8-16-22;1-16(2)32-22-9-6-18(15-20(22)25)23(30)28-21(24(31)26-3)14-17-4-7-19(8-5-17)29-12-10-27-11-13-29;1-12(2)27-18-9-6-14(11-16(18)22)19(25)24-17(20(26)23-3)10-13-4-7-15(21)8-5-13;1-6(2)24-9-4-3-7(5-8(9)17)16(23)25-15-13(21)11(19)10(18)12(20)14(15)22;10-7-3-1-6(2-4-7)5-8(11)9(12)13;;;;;;;;;;/h9-12,17-22H,3-8,13-16H2,1-2H3;4-9,15-16,21,27H,10-14H2,1-3H3,(H,26,31)(H,28,30);4-9,11-12,17H,10H2,1-3H3,(H,23,26)(H,24,25);3-6H,1-2H3;1-4,8H,5,11H2,(H,12,13);10*1H4/t;;;;8-;;;;;;;;;;/m....0........../s1. The molecule has 135 heavy (non-hydrogen) atoms. The Hall–Kier alpha value is -9.37. The third-order valence-corrected chi connectivity index (χ3v) is 25.9. The average molecular weight is 2090 g/mol. The van der Waals surface area contributed by atoms with Gasteiger partial charge in [0.15, 0.2) is 0 Å². The van der Waals surface area contributed by atoms with E-state index in [-0.39, 0.29) is 140 Å². The van der Waals surface area contributed by atoms with Gasteiger partial charge in [-0.05, 0) is 210 Å². The first-order valence-corrected chi connectivity index (χ1v) is 45.7. The van der Waals surface area contributed by atoms with E-state index in [0.29, 0.717) is 51.9 Å². The Balaban J connectivity index is -0.00000161. The summed E-state index contributed by atoms with van der Waals surface area (Å²) < 4.78 is 89.0. The van der Waals surface area contributed by atoms with Crippen LogP contribution in [0.1, 0.15) is 228 Å². The van der Waals surface area contributed by atoms with Gasteiger partial charge in [-0.3, -0.25) is 24.0 Å². The maximum absolute atomic E-state index is 13.5. The maximum atomic E-state index is 13.5. The van der Waals surface area contributed by atoms with Crippen molar-refractivity contribution in [3.05, 3.63) is 262 Å². The number of carboxylic acid groups (broad SMARTS) is 1. The van der Waals surface area contributed by atoms with Crippen LogP contribution in [0.25, 0.3) is 11.1 Å². The van der Waals surface area contributed by atoms with Gasteiger partial charge < -0.3 is 66.2 Å². The van der Waals surface area contributed by atoms with Gasteiger partial charge in [-0.15, -0.1) is 0 Å². The Labute approximate surface area is 835 Å². The number of aliphatic carboxylic acids is 1. The van der Waals surface area contributed by atoms with Crippen LogP contribution >= 0.6 is 74.6 Å². The zero-order chi connectivity index (χ0) is 91.1. The number of nitrogens with one attached hydrogen (secondary N) is 5. The number of para-hydroxylation sites is 1. The van der Waals surface area contributed by atoms with Gasteiger partial charge in [0.25, 0.3) is 11.8 Å². The van der Waals surface area contributed by atoms with Gasteiger partial charge in [0, 0.05) is 104 Å². The van der Waals surface area contributed by atoms with E-state index in [4.69, 9.17) is 59.9 Å². The minimum Gasteiger partial charge on any atom is -0.489 e. The largest absolute Gasteiger partial charge is 0.489 e. The lowest BCUT2D eigenvalue weighted by Gasteiger charge is -2.39. The van der Waals surface area contributed by atoms with Gasteiger partial charge in [-0.2, -0.15) is 8.78 Å². The molecule has 2 unspecified atom stereocenters. The molecule has 3 aliphatic rings. The molecule has 0 spiro atoms. The Kier molecular flexibility index (Phi) is 62.2. The summed E-state index contributed by atoms with van der Waals surface area (Å²) in [4.78, 5) is 77.0. The van der Waals surface area contributed by atoms with E-state index in [0.717, 1.165) is 81.0 Å². The molecule has 4 amide bonds. The zero-order valence-corrected chi connectivity index (χ0v) is 77.9. The second-order valence-electron chi connectivity index (χ2n) is 31.1. The molecule has 19 nitrogen and oxygen atoms in total. The minimum absolute atomic E-state index is 0. The molecule has 750 valence electrons. The number of ether oxygens (including phenoxy) is 4. The first-order chi connectivity index (χ1) is 59.6. The van der Waals surface area contributed by atoms with E-state index < -0.39 is 64.9 Å². The summed E-state index contributed by atoms with van der Waals surface area (Å²) in [6.07, 6.45) is 15.4. The van der Waals surface area contributed by atoms with Crippen LogP contribution in [-0.4, -0.2) is 143 Å². The minimum atomic E-state index is -2.35. The van der Waals surface area contributed by atoms with Crippen molar-refractivity contribution in [2.75, 3.05) is 64.2 Å². The van der Waals surface area contributed by atoms with Crippen LogP contribution in [0.5, 0.6) is 23.0 Å². The van der Waals surface area contributed by atoms with E-state index in [1.165, 1.54) is 100 Å². The molecule has 1 heterocycles. The number of anilines is 2. The predicted octanol–water partition coefficient (Wildman–Crippen LogP) is 26.6. The summed E-state index contributed by atoms with van der Waals surface area (Å²) in [5, 5.41) is 25.1. The van der Waals surface area contributed by atoms with Crippen LogP contribution in [0, 0.1) is 29.1 Å². The maximum Gasteiger partial charge on any atom is 0.343 e. The molecule has 8 N–H and O–H groups in total. The first kappa shape index (κ1) is 130. The molecule has 3 atom stereocenters. The van der Waals surface area contributed by atoms with E-state index in [2.05, 4.69) is 148 Å². The van der Waals surface area contributed by atoms with Crippen molar-refractivity contribution in [3.63, 3.8) is 0 Å². The first-order valence-electron chi connectivity index (χ1n) is 41.5. The summed E-state index contributed by atoms with van der Waals surface area (Å²) in [5.74, 6) is -15.3. The van der Waals surface area contributed by atoms with Gasteiger partial charge in [-0.25, -0.2) is 18.0 Å². The van der Waals surface area contributed by atoms with Crippen molar-refractivity contribution in [3.8, 4) is 34.1 Å². The Bertz CT molecular complexity index is 5030. The van der Waals surface area contributed by atoms with Gasteiger partial charge in [0.05, 0.1) is 38.9 Å². The molecule has 2 saturated carbocycles. The van der Waals surface area contributed by atoms with Crippen LogP contribution in [0.4, 0.5) is 33.3 Å². The number of likely N-dealkylation sites (N-methyl/N-ethyl adjacent to an activating group) is 2. The smallest absolute Gasteiger partial charge is 0.343 e. The molecule has 12 rings (SSSR count). The molecule has 1 aliphatic heterocycles. The van der Waals surface area contributed by atoms with Crippen LogP contribution in [0.15, 0.2) is 185 Å². The Morgan fingerprint density at radius 2 is 0.830 bits per heavy atom.